The normalized spacial score (nSPS) is 14.8. The Bertz CT molecular complexity index is 652. The van der Waals surface area contributed by atoms with Crippen LogP contribution in [-0.4, -0.2) is 37.2 Å². The predicted molar refractivity (Wildman–Crippen MR) is 104 cm³/mol. The maximum atomic E-state index is 12.3. The third-order valence-corrected chi connectivity index (χ3v) is 4.88. The molecule has 1 saturated heterocycles. The van der Waals surface area contributed by atoms with E-state index in [-0.39, 0.29) is 6.03 Å². The molecule has 0 radical (unpaired) electrons. The SMILES string of the molecule is O=C(NCCCOc1ccccc1)N1CCC(Cc2ccccc2)CC1. The van der Waals surface area contributed by atoms with Gasteiger partial charge in [-0.2, -0.15) is 0 Å². The van der Waals surface area contributed by atoms with Crippen molar-refractivity contribution in [3.05, 3.63) is 66.2 Å². The number of hydrogen-bond donors (Lipinski definition) is 1. The fourth-order valence-electron chi connectivity index (χ4n) is 3.37. The molecule has 2 amide bonds. The summed E-state index contributed by atoms with van der Waals surface area (Å²) in [5, 5.41) is 3.01. The van der Waals surface area contributed by atoms with Crippen LogP contribution in [0.5, 0.6) is 5.75 Å². The maximum Gasteiger partial charge on any atom is 0.317 e. The smallest absolute Gasteiger partial charge is 0.317 e. The molecule has 1 N–H and O–H groups in total. The first-order chi connectivity index (χ1) is 12.8. The molecule has 0 bridgehead atoms. The van der Waals surface area contributed by atoms with Crippen LogP contribution < -0.4 is 10.1 Å². The molecule has 4 heteroatoms. The summed E-state index contributed by atoms with van der Waals surface area (Å²) < 4.78 is 5.64. The number of nitrogens with zero attached hydrogens (tertiary/aromatic N) is 1. The van der Waals surface area contributed by atoms with Gasteiger partial charge < -0.3 is 15.0 Å². The number of para-hydroxylation sites is 1. The van der Waals surface area contributed by atoms with Crippen LogP contribution in [0, 0.1) is 5.92 Å². The van der Waals surface area contributed by atoms with Crippen LogP contribution in [0.4, 0.5) is 4.79 Å². The Hall–Kier alpha value is -2.49. The highest BCUT2D eigenvalue weighted by atomic mass is 16.5. The molecule has 138 valence electrons. The highest BCUT2D eigenvalue weighted by Crippen LogP contribution is 2.21. The fraction of sp³-hybridized carbons (Fsp3) is 0.409. The van der Waals surface area contributed by atoms with Crippen molar-refractivity contribution in [3.8, 4) is 5.75 Å². The number of likely N-dealkylation sites (tertiary alicyclic amines) is 1. The number of urea groups is 1. The summed E-state index contributed by atoms with van der Waals surface area (Å²) in [6.45, 7) is 2.97. The van der Waals surface area contributed by atoms with Gasteiger partial charge in [-0.25, -0.2) is 4.79 Å². The molecule has 0 aromatic heterocycles. The van der Waals surface area contributed by atoms with Crippen LogP contribution in [0.2, 0.25) is 0 Å². The van der Waals surface area contributed by atoms with Gasteiger partial charge in [-0.3, -0.25) is 0 Å². The van der Waals surface area contributed by atoms with Gasteiger partial charge in [0.2, 0.25) is 0 Å². The first-order valence-electron chi connectivity index (χ1n) is 9.56. The number of ether oxygens (including phenoxy) is 1. The van der Waals surface area contributed by atoms with E-state index in [2.05, 4.69) is 35.6 Å². The number of carbonyl (C=O) groups is 1. The van der Waals surface area contributed by atoms with Gasteiger partial charge in [0.15, 0.2) is 0 Å². The lowest BCUT2D eigenvalue weighted by Crippen LogP contribution is -2.45. The lowest BCUT2D eigenvalue weighted by molar-refractivity contribution is 0.169. The van der Waals surface area contributed by atoms with E-state index in [0.717, 1.165) is 44.5 Å². The topological polar surface area (TPSA) is 41.6 Å². The number of hydrogen-bond acceptors (Lipinski definition) is 2. The standard InChI is InChI=1S/C22H28N2O2/c25-22(23-14-7-17-26-21-10-5-2-6-11-21)24-15-12-20(13-16-24)18-19-8-3-1-4-9-19/h1-6,8-11,20H,7,12-18H2,(H,23,25). The molecular formula is C22H28N2O2. The molecule has 1 aliphatic rings. The molecule has 2 aromatic rings. The van der Waals surface area contributed by atoms with Crippen LogP contribution in [0.15, 0.2) is 60.7 Å². The Labute approximate surface area is 156 Å². The molecular weight excluding hydrogens is 324 g/mol. The first-order valence-corrected chi connectivity index (χ1v) is 9.56. The molecule has 0 aliphatic carbocycles. The summed E-state index contributed by atoms with van der Waals surface area (Å²) in [7, 11) is 0. The van der Waals surface area contributed by atoms with Crippen molar-refractivity contribution in [1.82, 2.24) is 10.2 Å². The van der Waals surface area contributed by atoms with Crippen LogP contribution in [0.3, 0.4) is 0 Å². The summed E-state index contributed by atoms with van der Waals surface area (Å²) in [6.07, 6.45) is 4.09. The number of rotatable bonds is 7. The van der Waals surface area contributed by atoms with E-state index in [1.807, 2.05) is 35.2 Å². The number of benzene rings is 2. The van der Waals surface area contributed by atoms with Gasteiger partial charge in [-0.1, -0.05) is 48.5 Å². The minimum absolute atomic E-state index is 0.0582. The molecule has 3 rings (SSSR count). The Morgan fingerprint density at radius 2 is 1.65 bits per heavy atom. The van der Waals surface area contributed by atoms with Crippen molar-refractivity contribution in [3.63, 3.8) is 0 Å². The molecule has 1 fully saturated rings. The molecule has 2 aromatic carbocycles. The Kier molecular flexibility index (Phi) is 6.94. The van der Waals surface area contributed by atoms with E-state index in [1.165, 1.54) is 5.56 Å². The van der Waals surface area contributed by atoms with E-state index in [1.54, 1.807) is 0 Å². The van der Waals surface area contributed by atoms with Crippen LogP contribution >= 0.6 is 0 Å². The molecule has 0 atom stereocenters. The quantitative estimate of drug-likeness (QED) is 0.762. The summed E-state index contributed by atoms with van der Waals surface area (Å²) in [6, 6.07) is 20.5. The Balaban J connectivity index is 1.29. The predicted octanol–water partition coefficient (Wildman–Crippen LogP) is 4.12. The van der Waals surface area contributed by atoms with Crippen molar-refractivity contribution in [1.29, 1.82) is 0 Å². The van der Waals surface area contributed by atoms with Crippen molar-refractivity contribution >= 4 is 6.03 Å². The van der Waals surface area contributed by atoms with Gasteiger partial charge in [-0.05, 0) is 49.3 Å². The van der Waals surface area contributed by atoms with E-state index < -0.39 is 0 Å². The van der Waals surface area contributed by atoms with Crippen molar-refractivity contribution in [2.45, 2.75) is 25.7 Å². The summed E-state index contributed by atoms with van der Waals surface area (Å²) in [4.78, 5) is 14.2. The number of amides is 2. The monoisotopic (exact) mass is 352 g/mol. The molecule has 1 heterocycles. The zero-order chi connectivity index (χ0) is 18.0. The molecule has 0 unspecified atom stereocenters. The van der Waals surface area contributed by atoms with E-state index in [9.17, 15) is 4.79 Å². The maximum absolute atomic E-state index is 12.3. The first kappa shape index (κ1) is 18.3. The van der Waals surface area contributed by atoms with Crippen molar-refractivity contribution < 1.29 is 9.53 Å². The summed E-state index contributed by atoms with van der Waals surface area (Å²) in [5.41, 5.74) is 1.40. The Morgan fingerprint density at radius 3 is 2.35 bits per heavy atom. The van der Waals surface area contributed by atoms with Crippen molar-refractivity contribution in [2.75, 3.05) is 26.2 Å². The van der Waals surface area contributed by atoms with E-state index in [0.29, 0.717) is 19.1 Å². The lowest BCUT2D eigenvalue weighted by Gasteiger charge is -2.32. The van der Waals surface area contributed by atoms with Crippen LogP contribution in [0.25, 0.3) is 0 Å². The number of nitrogens with one attached hydrogen (secondary N) is 1. The van der Waals surface area contributed by atoms with Gasteiger partial charge >= 0.3 is 6.03 Å². The summed E-state index contributed by atoms with van der Waals surface area (Å²) in [5.74, 6) is 1.56. The van der Waals surface area contributed by atoms with E-state index >= 15 is 0 Å². The second-order valence-electron chi connectivity index (χ2n) is 6.87. The Morgan fingerprint density at radius 1 is 1.00 bits per heavy atom. The lowest BCUT2D eigenvalue weighted by atomic mass is 9.90. The second kappa shape index (κ2) is 9.85. The number of carbonyl (C=O) groups excluding carboxylic acids is 1. The molecule has 26 heavy (non-hydrogen) atoms. The molecule has 4 nitrogen and oxygen atoms in total. The van der Waals surface area contributed by atoms with E-state index in [4.69, 9.17) is 4.74 Å². The summed E-state index contributed by atoms with van der Waals surface area (Å²) >= 11 is 0. The average Bonchev–Trinajstić information content (AvgIpc) is 2.70. The largest absolute Gasteiger partial charge is 0.494 e. The minimum atomic E-state index is 0.0582. The highest BCUT2D eigenvalue weighted by molar-refractivity contribution is 5.74. The van der Waals surface area contributed by atoms with Gasteiger partial charge in [0.05, 0.1) is 6.61 Å². The van der Waals surface area contributed by atoms with Crippen molar-refractivity contribution in [2.24, 2.45) is 5.92 Å². The molecule has 0 spiro atoms. The zero-order valence-electron chi connectivity index (χ0n) is 15.3. The minimum Gasteiger partial charge on any atom is -0.494 e. The zero-order valence-corrected chi connectivity index (χ0v) is 15.3. The average molecular weight is 352 g/mol. The number of piperidine rings is 1. The van der Waals surface area contributed by atoms with Gasteiger partial charge in [0.1, 0.15) is 5.75 Å². The van der Waals surface area contributed by atoms with Gasteiger partial charge in [-0.15, -0.1) is 0 Å². The van der Waals surface area contributed by atoms with Gasteiger partial charge in [0.25, 0.3) is 0 Å². The van der Waals surface area contributed by atoms with Crippen LogP contribution in [-0.2, 0) is 6.42 Å². The second-order valence-corrected chi connectivity index (χ2v) is 6.87. The molecule has 1 aliphatic heterocycles. The fourth-order valence-corrected chi connectivity index (χ4v) is 3.37. The third kappa shape index (κ3) is 5.80. The van der Waals surface area contributed by atoms with Crippen LogP contribution in [0.1, 0.15) is 24.8 Å². The third-order valence-electron chi connectivity index (χ3n) is 4.88. The highest BCUT2D eigenvalue weighted by Gasteiger charge is 2.22. The van der Waals surface area contributed by atoms with Gasteiger partial charge in [0, 0.05) is 19.6 Å². The molecule has 0 saturated carbocycles.